The SMILES string of the molecule is CC(C)C[C@H](NC(=O)OCc1ccccc1)C(=O)NN(CCC(N)=O)C(=O)COc1ccc([N+](=O)[O-])cc1. The van der Waals surface area contributed by atoms with Gasteiger partial charge in [0, 0.05) is 18.6 Å². The second-order valence-electron chi connectivity index (χ2n) is 8.67. The van der Waals surface area contributed by atoms with Gasteiger partial charge in [0.05, 0.1) is 11.5 Å². The van der Waals surface area contributed by atoms with Crippen LogP contribution in [0.3, 0.4) is 0 Å². The fourth-order valence-corrected chi connectivity index (χ4v) is 3.17. The first-order valence-corrected chi connectivity index (χ1v) is 11.8. The van der Waals surface area contributed by atoms with E-state index in [2.05, 4.69) is 10.7 Å². The third-order valence-corrected chi connectivity index (χ3v) is 5.07. The van der Waals surface area contributed by atoms with Crippen LogP contribution < -0.4 is 21.2 Å². The molecule has 2 aromatic rings. The van der Waals surface area contributed by atoms with Crippen LogP contribution in [-0.2, 0) is 25.7 Å². The summed E-state index contributed by atoms with van der Waals surface area (Å²) < 4.78 is 10.6. The van der Waals surface area contributed by atoms with E-state index in [0.717, 1.165) is 10.6 Å². The molecule has 4 amide bonds. The van der Waals surface area contributed by atoms with Crippen molar-refractivity contribution in [3.63, 3.8) is 0 Å². The highest BCUT2D eigenvalue weighted by Crippen LogP contribution is 2.17. The Balaban J connectivity index is 2.03. The molecule has 13 heteroatoms. The first-order chi connectivity index (χ1) is 18.0. The number of nitrogens with zero attached hydrogens (tertiary/aromatic N) is 2. The highest BCUT2D eigenvalue weighted by atomic mass is 16.6. The third kappa shape index (κ3) is 10.5. The van der Waals surface area contributed by atoms with Crippen LogP contribution in [0.4, 0.5) is 10.5 Å². The van der Waals surface area contributed by atoms with Gasteiger partial charge in [0.1, 0.15) is 18.4 Å². The van der Waals surface area contributed by atoms with Gasteiger partial charge in [-0.05, 0) is 30.0 Å². The monoisotopic (exact) mass is 529 g/mol. The lowest BCUT2D eigenvalue weighted by Gasteiger charge is -2.26. The van der Waals surface area contributed by atoms with Gasteiger partial charge < -0.3 is 20.5 Å². The van der Waals surface area contributed by atoms with Crippen molar-refractivity contribution in [2.45, 2.75) is 39.3 Å². The van der Waals surface area contributed by atoms with E-state index in [-0.39, 0.29) is 43.3 Å². The number of nitrogens with two attached hydrogens (primary N) is 1. The average Bonchev–Trinajstić information content (AvgIpc) is 2.88. The first-order valence-electron chi connectivity index (χ1n) is 11.8. The zero-order valence-corrected chi connectivity index (χ0v) is 21.1. The Hall–Kier alpha value is -4.68. The molecule has 0 radical (unpaired) electrons. The van der Waals surface area contributed by atoms with Crippen LogP contribution in [0.1, 0.15) is 32.3 Å². The van der Waals surface area contributed by atoms with Gasteiger partial charge in [0.15, 0.2) is 6.61 Å². The summed E-state index contributed by atoms with van der Waals surface area (Å²) in [7, 11) is 0. The van der Waals surface area contributed by atoms with Crippen molar-refractivity contribution >= 4 is 29.5 Å². The van der Waals surface area contributed by atoms with Crippen LogP contribution in [0.15, 0.2) is 54.6 Å². The number of nitrogens with one attached hydrogen (secondary N) is 2. The molecule has 0 aromatic heterocycles. The van der Waals surface area contributed by atoms with E-state index in [1.807, 2.05) is 19.9 Å². The molecule has 1 atom stereocenters. The van der Waals surface area contributed by atoms with Crippen LogP contribution in [0, 0.1) is 16.0 Å². The molecule has 0 fully saturated rings. The van der Waals surface area contributed by atoms with Gasteiger partial charge in [-0.1, -0.05) is 44.2 Å². The van der Waals surface area contributed by atoms with Crippen molar-refractivity contribution in [3.8, 4) is 5.75 Å². The summed E-state index contributed by atoms with van der Waals surface area (Å²) in [5.74, 6) is -1.93. The van der Waals surface area contributed by atoms with Crippen LogP contribution in [0.5, 0.6) is 5.75 Å². The molecular weight excluding hydrogens is 498 g/mol. The summed E-state index contributed by atoms with van der Waals surface area (Å²) in [6.45, 7) is 2.93. The molecule has 4 N–H and O–H groups in total. The normalized spacial score (nSPS) is 11.2. The standard InChI is InChI=1S/C25H31N5O8/c1-17(2)14-21(27-25(34)38-15-18-6-4-3-5-7-18)24(33)28-29(13-12-22(26)31)23(32)16-37-20-10-8-19(9-11-20)30(35)36/h3-11,17,21H,12-16H2,1-2H3,(H2,26,31)(H,27,34)(H,28,33)/t21-/m0/s1. The van der Waals surface area contributed by atoms with Crippen LogP contribution in [-0.4, -0.2) is 52.9 Å². The van der Waals surface area contributed by atoms with E-state index in [9.17, 15) is 29.3 Å². The zero-order valence-electron chi connectivity index (χ0n) is 21.1. The number of rotatable bonds is 13. The number of carbonyl (C=O) groups excluding carboxylic acids is 4. The lowest BCUT2D eigenvalue weighted by molar-refractivity contribution is -0.384. The molecule has 0 unspecified atom stereocenters. The minimum Gasteiger partial charge on any atom is -0.484 e. The molecule has 204 valence electrons. The Kier molecular flexibility index (Phi) is 11.5. The Morgan fingerprint density at radius 2 is 1.71 bits per heavy atom. The van der Waals surface area contributed by atoms with Gasteiger partial charge in [0.2, 0.25) is 5.91 Å². The summed E-state index contributed by atoms with van der Waals surface area (Å²) in [4.78, 5) is 59.7. The fourth-order valence-electron chi connectivity index (χ4n) is 3.17. The number of benzene rings is 2. The van der Waals surface area contributed by atoms with Crippen molar-refractivity contribution < 1.29 is 33.6 Å². The summed E-state index contributed by atoms with van der Waals surface area (Å²) in [5.41, 5.74) is 8.23. The smallest absolute Gasteiger partial charge is 0.408 e. The van der Waals surface area contributed by atoms with Crippen molar-refractivity contribution in [1.82, 2.24) is 15.8 Å². The predicted molar refractivity (Wildman–Crippen MR) is 135 cm³/mol. The number of hydrogen-bond donors (Lipinski definition) is 3. The minimum absolute atomic E-state index is 0.000384. The lowest BCUT2D eigenvalue weighted by Crippen LogP contribution is -2.56. The third-order valence-electron chi connectivity index (χ3n) is 5.07. The highest BCUT2D eigenvalue weighted by molar-refractivity contribution is 5.88. The summed E-state index contributed by atoms with van der Waals surface area (Å²) in [5, 5.41) is 14.2. The van der Waals surface area contributed by atoms with Gasteiger partial charge in [-0.2, -0.15) is 0 Å². The van der Waals surface area contributed by atoms with E-state index < -0.39 is 41.4 Å². The quantitative estimate of drug-likeness (QED) is 0.260. The Bertz CT molecular complexity index is 1110. The summed E-state index contributed by atoms with van der Waals surface area (Å²) in [6, 6.07) is 13.0. The molecule has 0 aliphatic heterocycles. The number of hydrogen-bond acceptors (Lipinski definition) is 8. The van der Waals surface area contributed by atoms with Gasteiger partial charge in [-0.3, -0.25) is 34.9 Å². The van der Waals surface area contributed by atoms with E-state index >= 15 is 0 Å². The van der Waals surface area contributed by atoms with Crippen LogP contribution in [0.2, 0.25) is 0 Å². The average molecular weight is 530 g/mol. The molecule has 13 nitrogen and oxygen atoms in total. The summed E-state index contributed by atoms with van der Waals surface area (Å²) >= 11 is 0. The van der Waals surface area contributed by atoms with Crippen LogP contribution in [0.25, 0.3) is 0 Å². The number of amides is 4. The Morgan fingerprint density at radius 3 is 2.29 bits per heavy atom. The topological polar surface area (TPSA) is 183 Å². The fraction of sp³-hybridized carbons (Fsp3) is 0.360. The molecule has 0 aliphatic rings. The van der Waals surface area contributed by atoms with Crippen LogP contribution >= 0.6 is 0 Å². The Labute approximate surface area is 219 Å². The number of non-ortho nitro benzene ring substituents is 1. The maximum absolute atomic E-state index is 13.0. The second-order valence-corrected chi connectivity index (χ2v) is 8.67. The predicted octanol–water partition coefficient (Wildman–Crippen LogP) is 2.05. The maximum Gasteiger partial charge on any atom is 0.408 e. The second kappa shape index (κ2) is 14.8. The minimum atomic E-state index is -1.04. The number of alkyl carbamates (subject to hydrolysis) is 1. The van der Waals surface area contributed by atoms with Gasteiger partial charge in [-0.25, -0.2) is 4.79 Å². The van der Waals surface area contributed by atoms with Crippen molar-refractivity contribution in [3.05, 3.63) is 70.3 Å². The molecule has 0 saturated heterocycles. The van der Waals surface area contributed by atoms with Gasteiger partial charge in [-0.15, -0.1) is 0 Å². The number of primary amides is 1. The van der Waals surface area contributed by atoms with Gasteiger partial charge >= 0.3 is 6.09 Å². The molecule has 0 aliphatic carbocycles. The van der Waals surface area contributed by atoms with Crippen molar-refractivity contribution in [2.75, 3.05) is 13.2 Å². The number of nitro groups is 1. The number of hydrazine groups is 1. The lowest BCUT2D eigenvalue weighted by atomic mass is 10.0. The molecular formula is C25H31N5O8. The van der Waals surface area contributed by atoms with Gasteiger partial charge in [0.25, 0.3) is 17.5 Å². The van der Waals surface area contributed by atoms with E-state index in [0.29, 0.717) is 0 Å². The zero-order chi connectivity index (χ0) is 28.1. The molecule has 2 aromatic carbocycles. The summed E-state index contributed by atoms with van der Waals surface area (Å²) in [6.07, 6.45) is -0.819. The molecule has 2 rings (SSSR count). The molecule has 0 saturated carbocycles. The largest absolute Gasteiger partial charge is 0.484 e. The Morgan fingerprint density at radius 1 is 1.05 bits per heavy atom. The highest BCUT2D eigenvalue weighted by Gasteiger charge is 2.26. The number of ether oxygens (including phenoxy) is 2. The van der Waals surface area contributed by atoms with E-state index in [1.54, 1.807) is 24.3 Å². The number of carbonyl (C=O) groups is 4. The molecule has 0 heterocycles. The maximum atomic E-state index is 13.0. The number of nitro benzene ring substituents is 1. The van der Waals surface area contributed by atoms with Crippen molar-refractivity contribution in [2.24, 2.45) is 11.7 Å². The van der Waals surface area contributed by atoms with E-state index in [1.165, 1.54) is 24.3 Å². The molecule has 0 spiro atoms. The van der Waals surface area contributed by atoms with Crippen molar-refractivity contribution in [1.29, 1.82) is 0 Å². The first kappa shape index (κ1) is 29.5. The molecule has 38 heavy (non-hydrogen) atoms. The van der Waals surface area contributed by atoms with E-state index in [4.69, 9.17) is 15.2 Å². The molecule has 0 bridgehead atoms.